The zero-order valence-electron chi connectivity index (χ0n) is 19.3. The summed E-state index contributed by atoms with van der Waals surface area (Å²) in [6.07, 6.45) is 8.69. The molecule has 1 amide bonds. The number of nitrogens with one attached hydrogen (secondary N) is 2. The van der Waals surface area contributed by atoms with Crippen LogP contribution in [0.1, 0.15) is 42.1 Å². The van der Waals surface area contributed by atoms with E-state index < -0.39 is 6.17 Å². The molecule has 1 saturated carbocycles. The topological polar surface area (TPSA) is 98.4 Å². The van der Waals surface area contributed by atoms with Gasteiger partial charge in [0.25, 0.3) is 5.91 Å². The van der Waals surface area contributed by atoms with Gasteiger partial charge in [-0.15, -0.1) is 0 Å². The Labute approximate surface area is 196 Å². The molecule has 1 aliphatic carbocycles. The van der Waals surface area contributed by atoms with Gasteiger partial charge in [0.2, 0.25) is 0 Å². The highest BCUT2D eigenvalue weighted by atomic mass is 19.1. The van der Waals surface area contributed by atoms with E-state index in [1.165, 1.54) is 6.20 Å². The van der Waals surface area contributed by atoms with Crippen LogP contribution in [-0.4, -0.2) is 63.5 Å². The minimum absolute atomic E-state index is 0.223. The van der Waals surface area contributed by atoms with Crippen LogP contribution in [0.3, 0.4) is 0 Å². The molecule has 0 spiro atoms. The van der Waals surface area contributed by atoms with Crippen molar-refractivity contribution in [3.63, 3.8) is 0 Å². The predicted octanol–water partition coefficient (Wildman–Crippen LogP) is 3.62. The fourth-order valence-corrected chi connectivity index (χ4v) is 4.24. The smallest absolute Gasteiger partial charge is 0.256 e. The van der Waals surface area contributed by atoms with E-state index in [1.807, 2.05) is 25.2 Å². The van der Waals surface area contributed by atoms with Crippen molar-refractivity contribution in [2.75, 3.05) is 32.6 Å². The van der Waals surface area contributed by atoms with Crippen molar-refractivity contribution in [3.05, 3.63) is 42.4 Å². The Balaban J connectivity index is 0.000000429. The highest BCUT2D eigenvalue weighted by Crippen LogP contribution is 2.34. The summed E-state index contributed by atoms with van der Waals surface area (Å²) < 4.78 is 20.9. The van der Waals surface area contributed by atoms with Gasteiger partial charge in [-0.25, -0.2) is 14.4 Å². The van der Waals surface area contributed by atoms with Gasteiger partial charge in [-0.3, -0.25) is 4.79 Å². The molecule has 4 aromatic heterocycles. The number of hydrogen-bond acceptors (Lipinski definition) is 6. The average molecular weight is 466 g/mol. The molecule has 1 unspecified atom stereocenters. The van der Waals surface area contributed by atoms with Crippen LogP contribution in [0.2, 0.25) is 0 Å². The fraction of sp³-hybridized carbons (Fsp3) is 0.417. The molecule has 0 aromatic carbocycles. The largest absolute Gasteiger partial charge is 0.379 e. The van der Waals surface area contributed by atoms with Crippen molar-refractivity contribution in [1.82, 2.24) is 29.5 Å². The van der Waals surface area contributed by atoms with Gasteiger partial charge in [-0.05, 0) is 37.8 Å². The first-order valence-corrected chi connectivity index (χ1v) is 11.6. The maximum absolute atomic E-state index is 12.3. The summed E-state index contributed by atoms with van der Waals surface area (Å²) in [6, 6.07) is 6.16. The molecule has 1 aliphatic heterocycles. The van der Waals surface area contributed by atoms with Crippen molar-refractivity contribution < 1.29 is 13.9 Å². The second kappa shape index (κ2) is 9.38. The number of amides is 1. The highest BCUT2D eigenvalue weighted by molar-refractivity contribution is 6.00. The molecule has 5 heterocycles. The lowest BCUT2D eigenvalue weighted by atomic mass is 9.98. The van der Waals surface area contributed by atoms with Crippen LogP contribution in [0, 0.1) is 0 Å². The van der Waals surface area contributed by atoms with Gasteiger partial charge in [-0.2, -0.15) is 9.61 Å². The van der Waals surface area contributed by atoms with E-state index in [4.69, 9.17) is 9.72 Å². The second-order valence-electron chi connectivity index (χ2n) is 8.52. The van der Waals surface area contributed by atoms with Gasteiger partial charge >= 0.3 is 0 Å². The zero-order valence-corrected chi connectivity index (χ0v) is 19.3. The molecule has 0 radical (unpaired) electrons. The molecule has 2 fully saturated rings. The number of fused-ring (bicyclic) bond motifs is 2. The number of aromatic nitrogens is 5. The zero-order chi connectivity index (χ0) is 23.7. The van der Waals surface area contributed by atoms with Crippen LogP contribution in [0.5, 0.6) is 0 Å². The maximum atomic E-state index is 12.3. The third kappa shape index (κ3) is 3.98. The number of carbonyl (C=O) groups excluding carboxylic acids is 1. The van der Waals surface area contributed by atoms with Crippen molar-refractivity contribution in [2.45, 2.75) is 37.9 Å². The number of alkyl halides is 1. The highest BCUT2D eigenvalue weighted by Gasteiger charge is 2.23. The van der Waals surface area contributed by atoms with Crippen molar-refractivity contribution in [2.24, 2.45) is 0 Å². The normalized spacial score (nSPS) is 17.9. The lowest BCUT2D eigenvalue weighted by Crippen LogP contribution is -2.18. The van der Waals surface area contributed by atoms with E-state index in [9.17, 15) is 9.18 Å². The van der Waals surface area contributed by atoms with Crippen LogP contribution >= 0.6 is 0 Å². The number of rotatable bonds is 4. The standard InChI is InChI=1S/C20H21N7O2.C4H7F/c1-21-17-8-16(25-19-14(20(28)22-2)9-24-27(17)19)15-10-26(12-5-7-29-11-12)18-13(15)4-3-6-23-18;5-4-2-1-3-4/h3-4,6,8-10,12,21H,5,7,11H2,1-2H3,(H,22,28);4H,1-3H2. The first-order valence-electron chi connectivity index (χ1n) is 11.6. The number of ether oxygens (including phenoxy) is 1. The SMILES string of the molecule is CNC(=O)c1cnn2c(NC)cc(-c3cn(C4CCOC4)c4ncccc34)nc12.FC1CCC1. The van der Waals surface area contributed by atoms with E-state index >= 15 is 0 Å². The molecular formula is C24H28FN7O2. The van der Waals surface area contributed by atoms with Crippen molar-refractivity contribution in [3.8, 4) is 11.3 Å². The molecule has 6 rings (SSSR count). The molecule has 2 N–H and O–H groups in total. The van der Waals surface area contributed by atoms with Gasteiger partial charge in [0.15, 0.2) is 5.65 Å². The average Bonchev–Trinajstić information content (AvgIpc) is 3.60. The number of hydrogen-bond donors (Lipinski definition) is 2. The van der Waals surface area contributed by atoms with Gasteiger partial charge in [0.05, 0.1) is 24.5 Å². The number of halogens is 1. The van der Waals surface area contributed by atoms with Crippen molar-refractivity contribution in [1.29, 1.82) is 0 Å². The summed E-state index contributed by atoms with van der Waals surface area (Å²) in [6.45, 7) is 1.43. The van der Waals surface area contributed by atoms with Gasteiger partial charge in [-0.1, -0.05) is 0 Å². The lowest BCUT2D eigenvalue weighted by Gasteiger charge is -2.14. The molecule has 1 atom stereocenters. The lowest BCUT2D eigenvalue weighted by molar-refractivity contribution is 0.0964. The van der Waals surface area contributed by atoms with E-state index in [0.717, 1.165) is 60.4 Å². The number of pyridine rings is 1. The van der Waals surface area contributed by atoms with Crippen LogP contribution in [0.15, 0.2) is 36.8 Å². The first kappa shape index (κ1) is 22.3. The van der Waals surface area contributed by atoms with Crippen molar-refractivity contribution >= 4 is 28.4 Å². The molecule has 9 nitrogen and oxygen atoms in total. The summed E-state index contributed by atoms with van der Waals surface area (Å²) in [4.78, 5) is 21.7. The number of carbonyl (C=O) groups is 1. The summed E-state index contributed by atoms with van der Waals surface area (Å²) in [5.74, 6) is 0.521. The molecule has 2 aliphatic rings. The Morgan fingerprint density at radius 2 is 2.06 bits per heavy atom. The molecule has 34 heavy (non-hydrogen) atoms. The Morgan fingerprint density at radius 3 is 2.71 bits per heavy atom. The van der Waals surface area contributed by atoms with Crippen LogP contribution < -0.4 is 10.6 Å². The van der Waals surface area contributed by atoms with Crippen LogP contribution in [-0.2, 0) is 4.74 Å². The van der Waals surface area contributed by atoms with Crippen LogP contribution in [0.4, 0.5) is 10.2 Å². The molecule has 0 bridgehead atoms. The Hall–Kier alpha value is -3.53. The van der Waals surface area contributed by atoms with E-state index in [0.29, 0.717) is 17.8 Å². The first-order chi connectivity index (χ1) is 16.6. The van der Waals surface area contributed by atoms with Gasteiger partial charge in [0.1, 0.15) is 23.2 Å². The van der Waals surface area contributed by atoms with Gasteiger partial charge in [0, 0.05) is 50.1 Å². The van der Waals surface area contributed by atoms with Crippen LogP contribution in [0.25, 0.3) is 27.9 Å². The Bertz CT molecular complexity index is 1320. The Morgan fingerprint density at radius 1 is 1.24 bits per heavy atom. The molecule has 10 heteroatoms. The van der Waals surface area contributed by atoms with E-state index in [1.54, 1.807) is 17.8 Å². The summed E-state index contributed by atoms with van der Waals surface area (Å²) in [7, 11) is 3.41. The fourth-order valence-electron chi connectivity index (χ4n) is 4.24. The summed E-state index contributed by atoms with van der Waals surface area (Å²) in [5, 5.41) is 11.1. The minimum atomic E-state index is -0.435. The quantitative estimate of drug-likeness (QED) is 0.478. The number of nitrogens with zero attached hydrogens (tertiary/aromatic N) is 5. The minimum Gasteiger partial charge on any atom is -0.379 e. The Kier molecular flexibility index (Phi) is 6.14. The van der Waals surface area contributed by atoms with Gasteiger partial charge < -0.3 is 19.9 Å². The van der Waals surface area contributed by atoms with E-state index in [-0.39, 0.29) is 11.9 Å². The summed E-state index contributed by atoms with van der Waals surface area (Å²) in [5.41, 5.74) is 3.55. The molecule has 1 saturated heterocycles. The third-order valence-corrected chi connectivity index (χ3v) is 6.40. The predicted molar refractivity (Wildman–Crippen MR) is 128 cm³/mol. The molecule has 178 valence electrons. The monoisotopic (exact) mass is 465 g/mol. The van der Waals surface area contributed by atoms with E-state index in [2.05, 4.69) is 31.5 Å². The number of anilines is 1. The molecular weight excluding hydrogens is 437 g/mol. The molecule has 4 aromatic rings. The second-order valence-corrected chi connectivity index (χ2v) is 8.52. The maximum Gasteiger partial charge on any atom is 0.256 e. The summed E-state index contributed by atoms with van der Waals surface area (Å²) >= 11 is 0. The third-order valence-electron chi connectivity index (χ3n) is 6.40.